The van der Waals surface area contributed by atoms with Crippen molar-refractivity contribution in [3.05, 3.63) is 12.7 Å². The molecule has 0 rings (SSSR count). The van der Waals surface area contributed by atoms with E-state index in [-0.39, 0.29) is 17.8 Å². The Kier molecular flexibility index (Phi) is 10.7. The fourth-order valence-corrected chi connectivity index (χ4v) is 1.81. The average Bonchev–Trinajstić information content (AvgIpc) is 2.46. The van der Waals surface area contributed by atoms with Crippen molar-refractivity contribution in [1.82, 2.24) is 4.90 Å². The van der Waals surface area contributed by atoms with Gasteiger partial charge in [0.1, 0.15) is 0 Å². The third-order valence-corrected chi connectivity index (χ3v) is 2.93. The summed E-state index contributed by atoms with van der Waals surface area (Å²) in [7, 11) is 1.36. The van der Waals surface area contributed by atoms with Crippen LogP contribution in [-0.2, 0) is 19.1 Å². The first-order valence-corrected chi connectivity index (χ1v) is 7.11. The number of esters is 1. The molecule has 0 aromatic carbocycles. The highest BCUT2D eigenvalue weighted by molar-refractivity contribution is 5.78. The molecule has 0 bridgehead atoms. The van der Waals surface area contributed by atoms with E-state index in [1.54, 1.807) is 17.9 Å². The van der Waals surface area contributed by atoms with Gasteiger partial charge in [0.15, 0.2) is 0 Å². The highest BCUT2D eigenvalue weighted by atomic mass is 16.5. The highest BCUT2D eigenvalue weighted by Gasteiger charge is 2.20. The number of hydrogen-bond acceptors (Lipinski definition) is 4. The number of methoxy groups -OCH3 is 1. The number of nitrogens with zero attached hydrogens (tertiary/aromatic N) is 1. The number of amides is 1. The Bertz CT molecular complexity index is 304. The number of carbonyl (C=O) groups excluding carboxylic acids is 2. The van der Waals surface area contributed by atoms with Crippen molar-refractivity contribution in [3.63, 3.8) is 0 Å². The molecule has 0 aliphatic heterocycles. The zero-order valence-electron chi connectivity index (χ0n) is 12.9. The Hall–Kier alpha value is -1.36. The molecule has 0 aliphatic carbocycles. The van der Waals surface area contributed by atoms with Crippen LogP contribution in [0.4, 0.5) is 0 Å². The monoisotopic (exact) mass is 285 g/mol. The van der Waals surface area contributed by atoms with Gasteiger partial charge in [-0.3, -0.25) is 9.59 Å². The van der Waals surface area contributed by atoms with Crippen LogP contribution in [0.2, 0.25) is 0 Å². The second-order valence-corrected chi connectivity index (χ2v) is 4.64. The van der Waals surface area contributed by atoms with Crippen LogP contribution in [0.15, 0.2) is 12.7 Å². The van der Waals surface area contributed by atoms with Crippen LogP contribution in [0.25, 0.3) is 0 Å². The molecule has 116 valence electrons. The molecule has 20 heavy (non-hydrogen) atoms. The van der Waals surface area contributed by atoms with Crippen molar-refractivity contribution in [2.75, 3.05) is 33.4 Å². The smallest absolute Gasteiger partial charge is 0.310 e. The number of carbonyl (C=O) groups is 2. The van der Waals surface area contributed by atoms with E-state index in [0.717, 1.165) is 6.42 Å². The second kappa shape index (κ2) is 11.5. The maximum absolute atomic E-state index is 12.1. The summed E-state index contributed by atoms with van der Waals surface area (Å²) in [5.41, 5.74) is 0. The van der Waals surface area contributed by atoms with Crippen LogP contribution in [0, 0.1) is 5.92 Å². The molecule has 0 aromatic heterocycles. The van der Waals surface area contributed by atoms with Gasteiger partial charge in [-0.05, 0) is 19.8 Å². The molecule has 0 saturated carbocycles. The lowest BCUT2D eigenvalue weighted by molar-refractivity contribution is -0.146. The molecule has 0 N–H and O–H groups in total. The second-order valence-electron chi connectivity index (χ2n) is 4.64. The van der Waals surface area contributed by atoms with Crippen molar-refractivity contribution >= 4 is 11.9 Å². The Morgan fingerprint density at radius 2 is 2.10 bits per heavy atom. The van der Waals surface area contributed by atoms with E-state index in [1.165, 1.54) is 7.11 Å². The van der Waals surface area contributed by atoms with Crippen LogP contribution in [0.5, 0.6) is 0 Å². The molecule has 1 amide bonds. The Labute approximate surface area is 121 Å². The quantitative estimate of drug-likeness (QED) is 0.331. The van der Waals surface area contributed by atoms with Crippen LogP contribution < -0.4 is 0 Å². The zero-order chi connectivity index (χ0) is 15.4. The van der Waals surface area contributed by atoms with Gasteiger partial charge in [0, 0.05) is 32.7 Å². The third kappa shape index (κ3) is 7.94. The van der Waals surface area contributed by atoms with E-state index in [2.05, 4.69) is 6.58 Å². The van der Waals surface area contributed by atoms with E-state index in [0.29, 0.717) is 39.1 Å². The van der Waals surface area contributed by atoms with Gasteiger partial charge >= 0.3 is 5.97 Å². The zero-order valence-corrected chi connectivity index (χ0v) is 12.9. The number of ether oxygens (including phenoxy) is 2. The first-order chi connectivity index (χ1) is 9.56. The standard InChI is InChI=1S/C15H27NO4/c1-5-7-9-14(17)16(10-8-11-20-6-2)12-13(3)15(18)19-4/h5,13H,1,6-12H2,2-4H3/t13-/m0/s1. The van der Waals surface area contributed by atoms with Gasteiger partial charge in [-0.1, -0.05) is 13.0 Å². The van der Waals surface area contributed by atoms with Crippen molar-refractivity contribution in [1.29, 1.82) is 0 Å². The minimum atomic E-state index is -0.320. The summed E-state index contributed by atoms with van der Waals surface area (Å²) in [4.78, 5) is 25.3. The van der Waals surface area contributed by atoms with E-state index in [4.69, 9.17) is 9.47 Å². The van der Waals surface area contributed by atoms with Gasteiger partial charge in [0.05, 0.1) is 13.0 Å². The van der Waals surface area contributed by atoms with Crippen molar-refractivity contribution in [3.8, 4) is 0 Å². The van der Waals surface area contributed by atoms with Gasteiger partial charge in [-0.15, -0.1) is 6.58 Å². The molecule has 5 heteroatoms. The lowest BCUT2D eigenvalue weighted by Gasteiger charge is -2.25. The Balaban J connectivity index is 4.40. The summed E-state index contributed by atoms with van der Waals surface area (Å²) < 4.78 is 9.97. The fraction of sp³-hybridized carbons (Fsp3) is 0.733. The summed E-state index contributed by atoms with van der Waals surface area (Å²) in [6.45, 7) is 9.59. The minimum Gasteiger partial charge on any atom is -0.469 e. The molecule has 0 saturated heterocycles. The van der Waals surface area contributed by atoms with Crippen molar-refractivity contribution in [2.45, 2.75) is 33.1 Å². The van der Waals surface area contributed by atoms with Gasteiger partial charge in [0.2, 0.25) is 5.91 Å². The maximum Gasteiger partial charge on any atom is 0.310 e. The van der Waals surface area contributed by atoms with Crippen molar-refractivity contribution < 1.29 is 19.1 Å². The van der Waals surface area contributed by atoms with Gasteiger partial charge < -0.3 is 14.4 Å². The largest absolute Gasteiger partial charge is 0.469 e. The predicted octanol–water partition coefficient (Wildman–Crippen LogP) is 2.02. The molecule has 0 aliphatic rings. The molecule has 5 nitrogen and oxygen atoms in total. The summed E-state index contributed by atoms with van der Waals surface area (Å²) >= 11 is 0. The lowest BCUT2D eigenvalue weighted by Crippen LogP contribution is -2.38. The Morgan fingerprint density at radius 3 is 2.65 bits per heavy atom. The topological polar surface area (TPSA) is 55.8 Å². The summed E-state index contributed by atoms with van der Waals surface area (Å²) in [6.07, 6.45) is 3.56. The van der Waals surface area contributed by atoms with Crippen LogP contribution in [-0.4, -0.2) is 50.2 Å². The maximum atomic E-state index is 12.1. The minimum absolute atomic E-state index is 0.0390. The highest BCUT2D eigenvalue weighted by Crippen LogP contribution is 2.07. The number of allylic oxidation sites excluding steroid dienone is 1. The van der Waals surface area contributed by atoms with E-state index < -0.39 is 0 Å². The van der Waals surface area contributed by atoms with Gasteiger partial charge in [-0.2, -0.15) is 0 Å². The molecular weight excluding hydrogens is 258 g/mol. The normalized spacial score (nSPS) is 11.8. The fourth-order valence-electron chi connectivity index (χ4n) is 1.81. The van der Waals surface area contributed by atoms with E-state index in [1.807, 2.05) is 6.92 Å². The van der Waals surface area contributed by atoms with Gasteiger partial charge in [-0.25, -0.2) is 0 Å². The molecule has 1 atom stereocenters. The molecule has 0 aromatic rings. The number of hydrogen-bond donors (Lipinski definition) is 0. The first-order valence-electron chi connectivity index (χ1n) is 7.11. The molecule has 0 fully saturated rings. The molecular formula is C15H27NO4. The van der Waals surface area contributed by atoms with Gasteiger partial charge in [0.25, 0.3) is 0 Å². The summed E-state index contributed by atoms with van der Waals surface area (Å²) in [6, 6.07) is 0. The van der Waals surface area contributed by atoms with Crippen LogP contribution >= 0.6 is 0 Å². The third-order valence-electron chi connectivity index (χ3n) is 2.93. The van der Waals surface area contributed by atoms with Crippen LogP contribution in [0.1, 0.15) is 33.1 Å². The Morgan fingerprint density at radius 1 is 1.40 bits per heavy atom. The molecule has 0 radical (unpaired) electrons. The molecule has 0 heterocycles. The molecule has 0 spiro atoms. The molecule has 0 unspecified atom stereocenters. The summed E-state index contributed by atoms with van der Waals surface area (Å²) in [5.74, 6) is -0.576. The van der Waals surface area contributed by atoms with Crippen LogP contribution in [0.3, 0.4) is 0 Å². The van der Waals surface area contributed by atoms with E-state index in [9.17, 15) is 9.59 Å². The first kappa shape index (κ1) is 18.6. The lowest BCUT2D eigenvalue weighted by atomic mass is 10.1. The number of rotatable bonds is 11. The predicted molar refractivity (Wildman–Crippen MR) is 78.3 cm³/mol. The SMILES string of the molecule is C=CCCC(=O)N(CCCOCC)C[C@H](C)C(=O)OC. The summed E-state index contributed by atoms with van der Waals surface area (Å²) in [5, 5.41) is 0. The van der Waals surface area contributed by atoms with Crippen molar-refractivity contribution in [2.24, 2.45) is 5.92 Å². The van der Waals surface area contributed by atoms with E-state index >= 15 is 0 Å². The average molecular weight is 285 g/mol.